The number of rotatable bonds is 1. The summed E-state index contributed by atoms with van der Waals surface area (Å²) in [7, 11) is 5.83. The molecule has 0 aromatic rings. The molecular formula is C22H35F3N4O4. The summed E-state index contributed by atoms with van der Waals surface area (Å²) in [5.41, 5.74) is 0.0933. The Morgan fingerprint density at radius 1 is 0.939 bits per heavy atom. The van der Waals surface area contributed by atoms with Crippen molar-refractivity contribution in [2.24, 2.45) is 16.7 Å². The van der Waals surface area contributed by atoms with Gasteiger partial charge in [-0.2, -0.15) is 13.2 Å². The molecular weight excluding hydrogens is 441 g/mol. The molecule has 0 radical (unpaired) electrons. The van der Waals surface area contributed by atoms with Crippen molar-refractivity contribution in [1.29, 1.82) is 0 Å². The molecule has 4 rings (SSSR count). The standard InChI is InChI=1S/C20H34N4O2.C2HF3O2/c1-21(2)18(26)24-12-8-19(9-13-24)6-7-20(15-22(3)14-16(19)20)17(25)23-10-4-5-11-23;3-2(4,5)1(6)7/h16H,4-15H2,1-3H3;(H,6,7)/t16-,20+;/m0./s1. The number of carboxylic acid groups (broad SMARTS) is 1. The van der Waals surface area contributed by atoms with Gasteiger partial charge in [0.2, 0.25) is 5.91 Å². The monoisotopic (exact) mass is 476 g/mol. The predicted octanol–water partition coefficient (Wildman–Crippen LogP) is 2.35. The third kappa shape index (κ3) is 4.93. The Morgan fingerprint density at radius 3 is 1.97 bits per heavy atom. The average Bonchev–Trinajstić information content (AvgIpc) is 3.45. The largest absolute Gasteiger partial charge is 0.490 e. The van der Waals surface area contributed by atoms with Gasteiger partial charge in [-0.1, -0.05) is 0 Å². The summed E-state index contributed by atoms with van der Waals surface area (Å²) >= 11 is 0. The van der Waals surface area contributed by atoms with Crippen LogP contribution in [0.3, 0.4) is 0 Å². The van der Waals surface area contributed by atoms with Gasteiger partial charge >= 0.3 is 18.2 Å². The van der Waals surface area contributed by atoms with Gasteiger partial charge in [0.15, 0.2) is 0 Å². The number of alkyl halides is 3. The minimum atomic E-state index is -5.08. The molecule has 3 saturated heterocycles. The number of nitrogens with zero attached hydrogens (tertiary/aromatic N) is 4. The van der Waals surface area contributed by atoms with Crippen LogP contribution in [-0.4, -0.2) is 109 Å². The topological polar surface area (TPSA) is 84.4 Å². The highest BCUT2D eigenvalue weighted by Crippen LogP contribution is 2.62. The number of carbonyl (C=O) groups is 3. The summed E-state index contributed by atoms with van der Waals surface area (Å²) in [5.74, 6) is -1.86. The minimum Gasteiger partial charge on any atom is -0.475 e. The van der Waals surface area contributed by atoms with Crippen molar-refractivity contribution in [3.63, 3.8) is 0 Å². The molecule has 3 aliphatic heterocycles. The zero-order chi connectivity index (χ0) is 24.6. The molecule has 3 amide bonds. The van der Waals surface area contributed by atoms with Gasteiger partial charge in [0, 0.05) is 53.4 Å². The van der Waals surface area contributed by atoms with Crippen LogP contribution in [0.25, 0.3) is 0 Å². The van der Waals surface area contributed by atoms with Crippen LogP contribution in [0, 0.1) is 16.7 Å². The molecule has 2 atom stereocenters. The number of likely N-dealkylation sites (tertiary alicyclic amines) is 3. The van der Waals surface area contributed by atoms with E-state index >= 15 is 0 Å². The fraction of sp³-hybridized carbons (Fsp3) is 0.864. The lowest BCUT2D eigenvalue weighted by Crippen LogP contribution is -2.51. The third-order valence-electron chi connectivity index (χ3n) is 8.00. The molecule has 33 heavy (non-hydrogen) atoms. The molecule has 0 bridgehead atoms. The first-order valence-corrected chi connectivity index (χ1v) is 11.6. The molecule has 1 aliphatic carbocycles. The lowest BCUT2D eigenvalue weighted by Gasteiger charge is -2.45. The maximum Gasteiger partial charge on any atom is 0.490 e. The smallest absolute Gasteiger partial charge is 0.475 e. The summed E-state index contributed by atoms with van der Waals surface area (Å²) < 4.78 is 31.7. The second kappa shape index (κ2) is 9.31. The van der Waals surface area contributed by atoms with Crippen molar-refractivity contribution in [1.82, 2.24) is 19.6 Å². The quantitative estimate of drug-likeness (QED) is 0.628. The van der Waals surface area contributed by atoms with E-state index in [-0.39, 0.29) is 16.9 Å². The van der Waals surface area contributed by atoms with E-state index in [9.17, 15) is 22.8 Å². The van der Waals surface area contributed by atoms with Crippen molar-refractivity contribution in [3.05, 3.63) is 0 Å². The summed E-state index contributed by atoms with van der Waals surface area (Å²) in [5, 5.41) is 7.12. The highest BCUT2D eigenvalue weighted by molar-refractivity contribution is 5.85. The van der Waals surface area contributed by atoms with Crippen LogP contribution in [-0.2, 0) is 9.59 Å². The summed E-state index contributed by atoms with van der Waals surface area (Å²) in [6.45, 7) is 5.55. The Labute approximate surface area is 192 Å². The number of hydrogen-bond donors (Lipinski definition) is 1. The zero-order valence-electron chi connectivity index (χ0n) is 19.7. The Morgan fingerprint density at radius 2 is 1.48 bits per heavy atom. The number of aliphatic carboxylic acids is 1. The fourth-order valence-electron chi connectivity index (χ4n) is 6.41. The minimum absolute atomic E-state index is 0.126. The van der Waals surface area contributed by atoms with Gasteiger partial charge < -0.3 is 24.7 Å². The molecule has 8 nitrogen and oxygen atoms in total. The van der Waals surface area contributed by atoms with Crippen molar-refractivity contribution in [3.8, 4) is 0 Å². The highest BCUT2D eigenvalue weighted by atomic mass is 19.4. The van der Waals surface area contributed by atoms with Gasteiger partial charge in [-0.25, -0.2) is 9.59 Å². The second-order valence-electron chi connectivity index (χ2n) is 10.2. The summed E-state index contributed by atoms with van der Waals surface area (Å²) in [4.78, 5) is 42.9. The highest BCUT2D eigenvalue weighted by Gasteiger charge is 2.64. The molecule has 0 unspecified atom stereocenters. The van der Waals surface area contributed by atoms with E-state index in [2.05, 4.69) is 16.8 Å². The lowest BCUT2D eigenvalue weighted by atomic mass is 9.65. The average molecular weight is 477 g/mol. The third-order valence-corrected chi connectivity index (χ3v) is 8.00. The molecule has 11 heteroatoms. The Balaban J connectivity index is 0.000000383. The molecule has 188 valence electrons. The van der Waals surface area contributed by atoms with Crippen molar-refractivity contribution >= 4 is 17.9 Å². The first-order chi connectivity index (χ1) is 15.3. The molecule has 1 spiro atoms. The number of fused-ring (bicyclic) bond motifs is 2. The van der Waals surface area contributed by atoms with Gasteiger partial charge in [0.1, 0.15) is 0 Å². The van der Waals surface area contributed by atoms with Crippen molar-refractivity contribution < 1.29 is 32.7 Å². The van der Waals surface area contributed by atoms with E-state index in [1.54, 1.807) is 4.90 Å². The van der Waals surface area contributed by atoms with Crippen LogP contribution in [0.4, 0.5) is 18.0 Å². The first kappa shape index (κ1) is 25.6. The molecule has 1 N–H and O–H groups in total. The number of halogens is 3. The van der Waals surface area contributed by atoms with Gasteiger partial charge in [0.05, 0.1) is 5.41 Å². The van der Waals surface area contributed by atoms with Crippen molar-refractivity contribution in [2.75, 3.05) is 60.4 Å². The molecule has 0 aromatic heterocycles. The van der Waals surface area contributed by atoms with Crippen molar-refractivity contribution in [2.45, 2.75) is 44.7 Å². The van der Waals surface area contributed by atoms with E-state index in [0.29, 0.717) is 11.8 Å². The fourth-order valence-corrected chi connectivity index (χ4v) is 6.41. The van der Waals surface area contributed by atoms with Crippen LogP contribution >= 0.6 is 0 Å². The van der Waals surface area contributed by atoms with E-state index in [1.165, 1.54) is 0 Å². The van der Waals surface area contributed by atoms with Crippen LogP contribution < -0.4 is 0 Å². The van der Waals surface area contributed by atoms with E-state index in [4.69, 9.17) is 9.90 Å². The number of carboxylic acids is 1. The maximum absolute atomic E-state index is 13.5. The van der Waals surface area contributed by atoms with E-state index in [1.807, 2.05) is 19.0 Å². The Hall–Kier alpha value is -2.04. The number of carbonyl (C=O) groups excluding carboxylic acids is 2. The normalized spacial score (nSPS) is 29.0. The number of hydrogen-bond acceptors (Lipinski definition) is 4. The van der Waals surface area contributed by atoms with Gasteiger partial charge in [0.25, 0.3) is 0 Å². The molecule has 0 aromatic carbocycles. The van der Waals surface area contributed by atoms with Gasteiger partial charge in [-0.15, -0.1) is 0 Å². The molecule has 3 heterocycles. The first-order valence-electron chi connectivity index (χ1n) is 11.6. The maximum atomic E-state index is 13.5. The van der Waals surface area contributed by atoms with Crippen LogP contribution in [0.1, 0.15) is 38.5 Å². The Bertz CT molecular complexity index is 761. The number of piperidine rings is 1. The van der Waals surface area contributed by atoms with Gasteiger partial charge in [-0.05, 0) is 56.9 Å². The van der Waals surface area contributed by atoms with Gasteiger partial charge in [-0.3, -0.25) is 4.79 Å². The SMILES string of the molecule is CN1C[C@H]2C3(CCN(C(=O)N(C)C)CC3)CC[C@@]2(C(=O)N2CCCC2)C1.O=C(O)C(F)(F)F. The van der Waals surface area contributed by atoms with Crippen LogP contribution in [0.2, 0.25) is 0 Å². The lowest BCUT2D eigenvalue weighted by molar-refractivity contribution is -0.192. The predicted molar refractivity (Wildman–Crippen MR) is 114 cm³/mol. The second-order valence-corrected chi connectivity index (χ2v) is 10.2. The molecule has 1 saturated carbocycles. The van der Waals surface area contributed by atoms with E-state index in [0.717, 1.165) is 77.8 Å². The number of amides is 3. The molecule has 4 aliphatic rings. The number of urea groups is 1. The molecule has 4 fully saturated rings. The van der Waals surface area contributed by atoms with Crippen LogP contribution in [0.5, 0.6) is 0 Å². The van der Waals surface area contributed by atoms with E-state index < -0.39 is 12.1 Å². The Kier molecular flexibility index (Phi) is 7.21. The summed E-state index contributed by atoms with van der Waals surface area (Å²) in [6, 6.07) is 0.126. The summed E-state index contributed by atoms with van der Waals surface area (Å²) in [6.07, 6.45) is 1.55. The zero-order valence-corrected chi connectivity index (χ0v) is 19.7. The van der Waals surface area contributed by atoms with Crippen LogP contribution in [0.15, 0.2) is 0 Å².